The number of nitrogens with one attached hydrogen (secondary N) is 1. The van der Waals surface area contributed by atoms with E-state index in [0.717, 1.165) is 22.9 Å². The number of benzene rings is 1. The van der Waals surface area contributed by atoms with E-state index in [1.165, 1.54) is 0 Å². The topological polar surface area (TPSA) is 41.8 Å². The third-order valence-corrected chi connectivity index (χ3v) is 2.71. The minimum atomic E-state index is 0.617. The first-order valence-electron chi connectivity index (χ1n) is 4.37. The summed E-state index contributed by atoms with van der Waals surface area (Å²) in [5.41, 5.74) is 7.61. The predicted octanol–water partition coefficient (Wildman–Crippen LogP) is 2.98. The summed E-state index contributed by atoms with van der Waals surface area (Å²) in [6, 6.07) is 3.61. The first-order valence-corrected chi connectivity index (χ1v) is 5.13. The molecule has 2 aromatic rings. The van der Waals surface area contributed by atoms with Gasteiger partial charge in [-0.1, -0.05) is 23.2 Å². The first-order chi connectivity index (χ1) is 6.72. The van der Waals surface area contributed by atoms with Crippen molar-refractivity contribution < 1.29 is 0 Å². The number of hydrogen-bond donors (Lipinski definition) is 2. The normalized spacial score (nSPS) is 11.1. The maximum atomic E-state index is 6.10. The lowest BCUT2D eigenvalue weighted by Gasteiger charge is -1.99. The smallest absolute Gasteiger partial charge is 0.0517 e. The van der Waals surface area contributed by atoms with E-state index in [2.05, 4.69) is 4.98 Å². The van der Waals surface area contributed by atoms with Crippen molar-refractivity contribution in [2.75, 3.05) is 6.54 Å². The van der Waals surface area contributed by atoms with Crippen LogP contribution in [0.15, 0.2) is 18.3 Å². The van der Waals surface area contributed by atoms with Gasteiger partial charge in [0.05, 0.1) is 5.02 Å². The quantitative estimate of drug-likeness (QED) is 0.816. The molecule has 0 amide bonds. The lowest BCUT2D eigenvalue weighted by Crippen LogP contribution is -2.01. The zero-order valence-electron chi connectivity index (χ0n) is 7.48. The fourth-order valence-corrected chi connectivity index (χ4v) is 2.22. The van der Waals surface area contributed by atoms with E-state index < -0.39 is 0 Å². The molecule has 2 nitrogen and oxygen atoms in total. The van der Waals surface area contributed by atoms with Gasteiger partial charge in [0.25, 0.3) is 0 Å². The summed E-state index contributed by atoms with van der Waals surface area (Å²) in [7, 11) is 0. The molecule has 0 aliphatic carbocycles. The molecule has 0 unspecified atom stereocenters. The van der Waals surface area contributed by atoms with Crippen molar-refractivity contribution in [1.82, 2.24) is 4.98 Å². The molecule has 1 heterocycles. The largest absolute Gasteiger partial charge is 0.361 e. The Kier molecular flexibility index (Phi) is 2.68. The van der Waals surface area contributed by atoms with Crippen LogP contribution in [0.2, 0.25) is 10.0 Å². The highest BCUT2D eigenvalue weighted by molar-refractivity contribution is 6.38. The van der Waals surface area contributed by atoms with Crippen molar-refractivity contribution in [3.63, 3.8) is 0 Å². The van der Waals surface area contributed by atoms with Crippen LogP contribution in [0.3, 0.4) is 0 Å². The van der Waals surface area contributed by atoms with Crippen LogP contribution in [-0.4, -0.2) is 11.5 Å². The summed E-state index contributed by atoms with van der Waals surface area (Å²) >= 11 is 12.0. The number of halogens is 2. The Balaban J connectivity index is 2.66. The SMILES string of the molecule is NCCc1c[nH]c2cc(Cl)cc(Cl)c12. The third-order valence-electron chi connectivity index (χ3n) is 2.19. The average Bonchev–Trinajstić information content (AvgIpc) is 2.49. The summed E-state index contributed by atoms with van der Waals surface area (Å²) in [4.78, 5) is 3.13. The van der Waals surface area contributed by atoms with Crippen LogP contribution in [0.4, 0.5) is 0 Å². The number of aromatic amines is 1. The monoisotopic (exact) mass is 228 g/mol. The van der Waals surface area contributed by atoms with Gasteiger partial charge >= 0.3 is 0 Å². The second-order valence-corrected chi connectivity index (χ2v) is 4.01. The maximum Gasteiger partial charge on any atom is 0.0517 e. The van der Waals surface area contributed by atoms with E-state index in [4.69, 9.17) is 28.9 Å². The van der Waals surface area contributed by atoms with Gasteiger partial charge in [0.1, 0.15) is 0 Å². The summed E-state index contributed by atoms with van der Waals surface area (Å²) in [6.07, 6.45) is 2.75. The number of fused-ring (bicyclic) bond motifs is 1. The number of H-pyrrole nitrogens is 1. The first kappa shape index (κ1) is 9.84. The summed E-state index contributed by atoms with van der Waals surface area (Å²) in [6.45, 7) is 0.617. The number of nitrogens with two attached hydrogens (primary N) is 1. The Labute approximate surface area is 92.0 Å². The Morgan fingerprint density at radius 3 is 2.79 bits per heavy atom. The Bertz CT molecular complexity index is 462. The van der Waals surface area contributed by atoms with Gasteiger partial charge in [-0.3, -0.25) is 0 Å². The van der Waals surface area contributed by atoms with Crippen LogP contribution >= 0.6 is 23.2 Å². The molecule has 74 valence electrons. The summed E-state index contributed by atoms with van der Waals surface area (Å²) in [5.74, 6) is 0. The molecule has 14 heavy (non-hydrogen) atoms. The van der Waals surface area contributed by atoms with Crippen LogP contribution < -0.4 is 5.73 Å². The second-order valence-electron chi connectivity index (χ2n) is 3.16. The molecule has 0 spiro atoms. The molecular formula is C10H10Cl2N2. The van der Waals surface area contributed by atoms with Crippen molar-refractivity contribution in [3.05, 3.63) is 33.9 Å². The van der Waals surface area contributed by atoms with E-state index in [1.807, 2.05) is 12.3 Å². The molecule has 0 atom stereocenters. The standard InChI is InChI=1S/C10H10Cl2N2/c11-7-3-8(12)10-6(1-2-13)5-14-9(10)4-7/h3-5,14H,1-2,13H2. The van der Waals surface area contributed by atoms with Crippen LogP contribution in [0.25, 0.3) is 10.9 Å². The van der Waals surface area contributed by atoms with Gasteiger partial charge in [-0.05, 0) is 30.7 Å². The fraction of sp³-hybridized carbons (Fsp3) is 0.200. The van der Waals surface area contributed by atoms with Crippen molar-refractivity contribution in [2.24, 2.45) is 5.73 Å². The molecule has 0 bridgehead atoms. The molecule has 3 N–H and O–H groups in total. The van der Waals surface area contributed by atoms with Crippen molar-refractivity contribution >= 4 is 34.1 Å². The van der Waals surface area contributed by atoms with Gasteiger partial charge in [0.15, 0.2) is 0 Å². The van der Waals surface area contributed by atoms with E-state index in [-0.39, 0.29) is 0 Å². The summed E-state index contributed by atoms with van der Waals surface area (Å²) < 4.78 is 0. The minimum Gasteiger partial charge on any atom is -0.361 e. The zero-order chi connectivity index (χ0) is 10.1. The van der Waals surface area contributed by atoms with Crippen LogP contribution in [0, 0.1) is 0 Å². The minimum absolute atomic E-state index is 0.617. The molecule has 0 saturated heterocycles. The van der Waals surface area contributed by atoms with Gasteiger partial charge < -0.3 is 10.7 Å². The molecule has 0 aliphatic rings. The third kappa shape index (κ3) is 1.61. The van der Waals surface area contributed by atoms with E-state index >= 15 is 0 Å². The molecule has 0 radical (unpaired) electrons. The number of rotatable bonds is 2. The van der Waals surface area contributed by atoms with Gasteiger partial charge in [-0.2, -0.15) is 0 Å². The average molecular weight is 229 g/mol. The van der Waals surface area contributed by atoms with Gasteiger partial charge in [-0.15, -0.1) is 0 Å². The second kappa shape index (κ2) is 3.81. The zero-order valence-corrected chi connectivity index (χ0v) is 8.99. The Morgan fingerprint density at radius 1 is 1.29 bits per heavy atom. The highest BCUT2D eigenvalue weighted by Gasteiger charge is 2.07. The molecule has 0 aliphatic heterocycles. The molecule has 0 saturated carbocycles. The van der Waals surface area contributed by atoms with Gasteiger partial charge in [0.2, 0.25) is 0 Å². The van der Waals surface area contributed by atoms with Crippen molar-refractivity contribution in [1.29, 1.82) is 0 Å². The molecule has 0 fully saturated rings. The summed E-state index contributed by atoms with van der Waals surface area (Å²) in [5, 5.41) is 2.35. The van der Waals surface area contributed by atoms with Crippen molar-refractivity contribution in [2.45, 2.75) is 6.42 Å². The fourth-order valence-electron chi connectivity index (χ4n) is 1.60. The molecule has 4 heteroatoms. The number of aromatic nitrogens is 1. The van der Waals surface area contributed by atoms with Crippen LogP contribution in [0.5, 0.6) is 0 Å². The van der Waals surface area contributed by atoms with E-state index in [1.54, 1.807) is 6.07 Å². The highest BCUT2D eigenvalue weighted by atomic mass is 35.5. The molecule has 2 rings (SSSR count). The van der Waals surface area contributed by atoms with Crippen LogP contribution in [-0.2, 0) is 6.42 Å². The maximum absolute atomic E-state index is 6.10. The lowest BCUT2D eigenvalue weighted by atomic mass is 10.1. The predicted molar refractivity (Wildman–Crippen MR) is 61.1 cm³/mol. The molecular weight excluding hydrogens is 219 g/mol. The lowest BCUT2D eigenvalue weighted by molar-refractivity contribution is 0.976. The van der Waals surface area contributed by atoms with E-state index in [9.17, 15) is 0 Å². The molecule has 1 aromatic heterocycles. The number of hydrogen-bond acceptors (Lipinski definition) is 1. The van der Waals surface area contributed by atoms with Gasteiger partial charge in [-0.25, -0.2) is 0 Å². The Morgan fingerprint density at radius 2 is 2.07 bits per heavy atom. The van der Waals surface area contributed by atoms with Crippen LogP contribution in [0.1, 0.15) is 5.56 Å². The highest BCUT2D eigenvalue weighted by Crippen LogP contribution is 2.30. The van der Waals surface area contributed by atoms with Gasteiger partial charge in [0, 0.05) is 22.1 Å². The van der Waals surface area contributed by atoms with E-state index in [0.29, 0.717) is 16.6 Å². The van der Waals surface area contributed by atoms with Crippen molar-refractivity contribution in [3.8, 4) is 0 Å². The Hall–Kier alpha value is -0.700. The molecule has 1 aromatic carbocycles.